The second kappa shape index (κ2) is 2.89. The van der Waals surface area contributed by atoms with Gasteiger partial charge < -0.3 is 0 Å². The predicted molar refractivity (Wildman–Crippen MR) is 49.9 cm³/mol. The van der Waals surface area contributed by atoms with Gasteiger partial charge in [-0.05, 0) is 35.8 Å². The molecule has 2 unspecified atom stereocenters. The van der Waals surface area contributed by atoms with Crippen LogP contribution in [0, 0.1) is 11.8 Å². The van der Waals surface area contributed by atoms with Gasteiger partial charge in [0.25, 0.3) is 0 Å². The summed E-state index contributed by atoms with van der Waals surface area (Å²) in [5.41, 5.74) is 1.43. The molecule has 0 aromatic carbocycles. The highest BCUT2D eigenvalue weighted by Crippen LogP contribution is 2.51. The molecule has 1 saturated carbocycles. The van der Waals surface area contributed by atoms with Crippen LogP contribution >= 0.6 is 0 Å². The van der Waals surface area contributed by atoms with Gasteiger partial charge >= 0.3 is 0 Å². The lowest BCUT2D eigenvalue weighted by atomic mass is 10.0. The van der Waals surface area contributed by atoms with Gasteiger partial charge in [0.15, 0.2) is 0 Å². The Balaban J connectivity index is 2.06. The third kappa shape index (κ3) is 1.36. The minimum Gasteiger partial charge on any atom is -0.264 e. The van der Waals surface area contributed by atoms with Crippen molar-refractivity contribution in [1.29, 1.82) is 0 Å². The van der Waals surface area contributed by atoms with E-state index in [-0.39, 0.29) is 0 Å². The van der Waals surface area contributed by atoms with Crippen LogP contribution in [-0.4, -0.2) is 4.98 Å². The van der Waals surface area contributed by atoms with E-state index in [0.29, 0.717) is 0 Å². The van der Waals surface area contributed by atoms with E-state index in [2.05, 4.69) is 24.9 Å². The van der Waals surface area contributed by atoms with E-state index in [0.717, 1.165) is 17.8 Å². The first-order valence-electron chi connectivity index (χ1n) is 4.69. The fourth-order valence-corrected chi connectivity index (χ4v) is 1.93. The van der Waals surface area contributed by atoms with E-state index in [1.165, 1.54) is 12.0 Å². The highest BCUT2D eigenvalue weighted by atomic mass is 14.6. The fraction of sp³-hybridized carbons (Fsp3) is 0.545. The zero-order valence-electron chi connectivity index (χ0n) is 7.70. The van der Waals surface area contributed by atoms with Crippen molar-refractivity contribution in [2.75, 3.05) is 0 Å². The van der Waals surface area contributed by atoms with Crippen molar-refractivity contribution in [3.8, 4) is 0 Å². The molecule has 0 N–H and O–H groups in total. The van der Waals surface area contributed by atoms with E-state index < -0.39 is 0 Å². The first-order chi connectivity index (χ1) is 5.79. The SMILES string of the molecule is CC(C)C1CC1c1cccnc1. The van der Waals surface area contributed by atoms with Crippen LogP contribution < -0.4 is 0 Å². The Labute approximate surface area is 73.8 Å². The van der Waals surface area contributed by atoms with Gasteiger partial charge in [-0.1, -0.05) is 19.9 Å². The standard InChI is InChI=1S/C11H15N/c1-8(2)10-6-11(10)9-4-3-5-12-7-9/h3-5,7-8,10-11H,6H2,1-2H3. The smallest absolute Gasteiger partial charge is 0.0302 e. The zero-order valence-corrected chi connectivity index (χ0v) is 7.70. The number of nitrogens with zero attached hydrogens (tertiary/aromatic N) is 1. The highest BCUT2D eigenvalue weighted by Gasteiger charge is 2.40. The molecule has 0 aliphatic heterocycles. The normalized spacial score (nSPS) is 27.6. The van der Waals surface area contributed by atoms with Crippen molar-refractivity contribution in [2.24, 2.45) is 11.8 Å². The summed E-state index contributed by atoms with van der Waals surface area (Å²) in [6.45, 7) is 4.61. The zero-order chi connectivity index (χ0) is 8.55. The van der Waals surface area contributed by atoms with Gasteiger partial charge in [0, 0.05) is 12.4 Å². The first-order valence-corrected chi connectivity index (χ1v) is 4.69. The predicted octanol–water partition coefficient (Wildman–Crippen LogP) is 2.84. The molecular formula is C11H15N. The Morgan fingerprint density at radius 1 is 1.50 bits per heavy atom. The van der Waals surface area contributed by atoms with Crippen molar-refractivity contribution in [2.45, 2.75) is 26.2 Å². The molecule has 1 aromatic rings. The van der Waals surface area contributed by atoms with Crippen molar-refractivity contribution in [3.05, 3.63) is 30.1 Å². The molecule has 0 spiro atoms. The molecule has 0 radical (unpaired) electrons. The summed E-state index contributed by atoms with van der Waals surface area (Å²) >= 11 is 0. The molecule has 64 valence electrons. The van der Waals surface area contributed by atoms with Crippen LogP contribution in [0.15, 0.2) is 24.5 Å². The molecular weight excluding hydrogens is 146 g/mol. The fourth-order valence-electron chi connectivity index (χ4n) is 1.93. The summed E-state index contributed by atoms with van der Waals surface area (Å²) in [7, 11) is 0. The molecule has 12 heavy (non-hydrogen) atoms. The Morgan fingerprint density at radius 3 is 2.83 bits per heavy atom. The highest BCUT2D eigenvalue weighted by molar-refractivity contribution is 5.22. The number of hydrogen-bond acceptors (Lipinski definition) is 1. The van der Waals surface area contributed by atoms with Crippen molar-refractivity contribution in [1.82, 2.24) is 4.98 Å². The van der Waals surface area contributed by atoms with Crippen LogP contribution in [-0.2, 0) is 0 Å². The van der Waals surface area contributed by atoms with Crippen LogP contribution in [0.25, 0.3) is 0 Å². The van der Waals surface area contributed by atoms with E-state index in [4.69, 9.17) is 0 Å². The van der Waals surface area contributed by atoms with Crippen molar-refractivity contribution in [3.63, 3.8) is 0 Å². The minimum absolute atomic E-state index is 0.804. The Morgan fingerprint density at radius 2 is 2.33 bits per heavy atom. The van der Waals surface area contributed by atoms with E-state index in [1.54, 1.807) is 0 Å². The van der Waals surface area contributed by atoms with Crippen LogP contribution in [0.3, 0.4) is 0 Å². The number of hydrogen-bond donors (Lipinski definition) is 0. The molecule has 1 aromatic heterocycles. The average Bonchev–Trinajstić information content (AvgIpc) is 2.84. The molecule has 1 fully saturated rings. The Hall–Kier alpha value is -0.850. The second-order valence-corrected chi connectivity index (χ2v) is 4.04. The summed E-state index contributed by atoms with van der Waals surface area (Å²) in [6.07, 6.45) is 5.21. The largest absolute Gasteiger partial charge is 0.264 e. The first kappa shape index (κ1) is 7.78. The minimum atomic E-state index is 0.804. The number of aromatic nitrogens is 1. The third-order valence-electron chi connectivity index (χ3n) is 2.81. The van der Waals surface area contributed by atoms with E-state index >= 15 is 0 Å². The lowest BCUT2D eigenvalue weighted by molar-refractivity contribution is 0.548. The average molecular weight is 161 g/mol. The molecule has 2 rings (SSSR count). The molecule has 0 saturated heterocycles. The van der Waals surface area contributed by atoms with E-state index in [1.807, 2.05) is 18.5 Å². The van der Waals surface area contributed by atoms with Gasteiger partial charge in [-0.2, -0.15) is 0 Å². The molecule has 1 heteroatoms. The lowest BCUT2D eigenvalue weighted by Gasteiger charge is -2.02. The van der Waals surface area contributed by atoms with Gasteiger partial charge in [-0.15, -0.1) is 0 Å². The van der Waals surface area contributed by atoms with Crippen LogP contribution in [0.4, 0.5) is 0 Å². The second-order valence-electron chi connectivity index (χ2n) is 4.04. The van der Waals surface area contributed by atoms with Gasteiger partial charge in [0.1, 0.15) is 0 Å². The quantitative estimate of drug-likeness (QED) is 0.650. The third-order valence-corrected chi connectivity index (χ3v) is 2.81. The maximum Gasteiger partial charge on any atom is 0.0302 e. The molecule has 0 amide bonds. The summed E-state index contributed by atoms with van der Waals surface area (Å²) in [6, 6.07) is 4.23. The Bertz CT molecular complexity index is 253. The topological polar surface area (TPSA) is 12.9 Å². The van der Waals surface area contributed by atoms with Gasteiger partial charge in [-0.3, -0.25) is 4.98 Å². The maximum absolute atomic E-state index is 4.14. The molecule has 1 aliphatic carbocycles. The maximum atomic E-state index is 4.14. The van der Waals surface area contributed by atoms with Crippen molar-refractivity contribution < 1.29 is 0 Å². The number of pyridine rings is 1. The van der Waals surface area contributed by atoms with Gasteiger partial charge in [0.05, 0.1) is 0 Å². The van der Waals surface area contributed by atoms with E-state index in [9.17, 15) is 0 Å². The van der Waals surface area contributed by atoms with Crippen LogP contribution in [0.2, 0.25) is 0 Å². The summed E-state index contributed by atoms with van der Waals surface area (Å²) in [4.78, 5) is 4.14. The molecule has 1 nitrogen and oxygen atoms in total. The molecule has 1 heterocycles. The Kier molecular flexibility index (Phi) is 1.87. The monoisotopic (exact) mass is 161 g/mol. The van der Waals surface area contributed by atoms with Crippen LogP contribution in [0.5, 0.6) is 0 Å². The summed E-state index contributed by atoms with van der Waals surface area (Å²) in [5.74, 6) is 2.54. The summed E-state index contributed by atoms with van der Waals surface area (Å²) in [5, 5.41) is 0. The van der Waals surface area contributed by atoms with Crippen LogP contribution in [0.1, 0.15) is 31.7 Å². The lowest BCUT2D eigenvalue weighted by Crippen LogP contribution is -1.92. The summed E-state index contributed by atoms with van der Waals surface area (Å²) < 4.78 is 0. The molecule has 0 bridgehead atoms. The molecule has 2 atom stereocenters. The molecule has 1 aliphatic rings. The number of rotatable bonds is 2. The van der Waals surface area contributed by atoms with Crippen molar-refractivity contribution >= 4 is 0 Å². The van der Waals surface area contributed by atoms with Gasteiger partial charge in [0.2, 0.25) is 0 Å². The van der Waals surface area contributed by atoms with Gasteiger partial charge in [-0.25, -0.2) is 0 Å².